The van der Waals surface area contributed by atoms with Gasteiger partial charge in [-0.3, -0.25) is 0 Å². The normalized spacial score (nSPS) is 10.5. The summed E-state index contributed by atoms with van der Waals surface area (Å²) >= 11 is 3.36. The van der Waals surface area contributed by atoms with Gasteiger partial charge in [0, 0.05) is 35.9 Å². The molecule has 0 atom stereocenters. The highest BCUT2D eigenvalue weighted by atomic mass is 79.9. The highest BCUT2D eigenvalue weighted by Crippen LogP contribution is 2.21. The molecule has 0 spiro atoms. The van der Waals surface area contributed by atoms with Crippen molar-refractivity contribution in [3.63, 3.8) is 0 Å². The van der Waals surface area contributed by atoms with E-state index in [0.717, 1.165) is 15.7 Å². The molecular weight excluding hydrogens is 307 g/mol. The maximum absolute atomic E-state index is 13.7. The van der Waals surface area contributed by atoms with Crippen LogP contribution in [0.3, 0.4) is 0 Å². The van der Waals surface area contributed by atoms with Crippen molar-refractivity contribution in [3.8, 4) is 0 Å². The van der Waals surface area contributed by atoms with Crippen LogP contribution in [0, 0.1) is 5.82 Å². The van der Waals surface area contributed by atoms with E-state index in [2.05, 4.69) is 15.9 Å². The topological polar surface area (TPSA) is 29.3 Å². The monoisotopic (exact) mass is 322 g/mol. The molecular formula is C15H16BrFN2. The van der Waals surface area contributed by atoms with E-state index in [-0.39, 0.29) is 5.82 Å². The molecule has 2 aromatic rings. The lowest BCUT2D eigenvalue weighted by molar-refractivity contribution is 0.607. The SMILES string of the molecule is CN(Cc1cc(Br)ccc1F)c1cccc(CN)c1. The van der Waals surface area contributed by atoms with Crippen molar-refractivity contribution in [2.45, 2.75) is 13.1 Å². The number of nitrogens with two attached hydrogens (primary N) is 1. The Hall–Kier alpha value is -1.39. The van der Waals surface area contributed by atoms with Crippen LogP contribution in [0.25, 0.3) is 0 Å². The third-order valence-electron chi connectivity index (χ3n) is 3.00. The third-order valence-corrected chi connectivity index (χ3v) is 3.50. The molecule has 0 fully saturated rings. The van der Waals surface area contributed by atoms with Crippen LogP contribution in [0.5, 0.6) is 0 Å². The van der Waals surface area contributed by atoms with Crippen molar-refractivity contribution in [1.82, 2.24) is 0 Å². The van der Waals surface area contributed by atoms with Gasteiger partial charge in [-0.1, -0.05) is 28.1 Å². The Bertz CT molecular complexity index is 572. The Morgan fingerprint density at radius 3 is 2.74 bits per heavy atom. The molecule has 2 nitrogen and oxygen atoms in total. The van der Waals surface area contributed by atoms with Gasteiger partial charge in [-0.2, -0.15) is 0 Å². The molecule has 0 heterocycles. The molecule has 0 radical (unpaired) electrons. The molecule has 2 aromatic carbocycles. The molecule has 0 unspecified atom stereocenters. The minimum Gasteiger partial charge on any atom is -0.370 e. The molecule has 0 aliphatic carbocycles. The van der Waals surface area contributed by atoms with Crippen molar-refractivity contribution in [3.05, 3.63) is 63.9 Å². The van der Waals surface area contributed by atoms with Crippen LogP contribution < -0.4 is 10.6 Å². The minimum absolute atomic E-state index is 0.190. The van der Waals surface area contributed by atoms with E-state index in [1.807, 2.05) is 36.2 Å². The molecule has 100 valence electrons. The molecule has 2 N–H and O–H groups in total. The number of anilines is 1. The first-order valence-electron chi connectivity index (χ1n) is 6.04. The average Bonchev–Trinajstić information content (AvgIpc) is 2.43. The van der Waals surface area contributed by atoms with Crippen LogP contribution in [0.2, 0.25) is 0 Å². The smallest absolute Gasteiger partial charge is 0.128 e. The second-order valence-electron chi connectivity index (χ2n) is 4.47. The predicted octanol–water partition coefficient (Wildman–Crippen LogP) is 3.68. The Kier molecular flexibility index (Phi) is 4.56. The summed E-state index contributed by atoms with van der Waals surface area (Å²) in [6, 6.07) is 12.9. The second-order valence-corrected chi connectivity index (χ2v) is 5.38. The molecule has 0 amide bonds. The molecule has 2 rings (SSSR count). The van der Waals surface area contributed by atoms with Crippen molar-refractivity contribution < 1.29 is 4.39 Å². The Morgan fingerprint density at radius 2 is 2.00 bits per heavy atom. The van der Waals surface area contributed by atoms with Crippen LogP contribution in [-0.4, -0.2) is 7.05 Å². The molecule has 0 saturated heterocycles. The first-order valence-corrected chi connectivity index (χ1v) is 6.83. The van der Waals surface area contributed by atoms with E-state index in [4.69, 9.17) is 5.73 Å². The van der Waals surface area contributed by atoms with Gasteiger partial charge in [-0.25, -0.2) is 4.39 Å². The summed E-state index contributed by atoms with van der Waals surface area (Å²) in [5.74, 6) is -0.190. The van der Waals surface area contributed by atoms with E-state index in [9.17, 15) is 4.39 Å². The summed E-state index contributed by atoms with van der Waals surface area (Å²) in [6.45, 7) is 1.02. The van der Waals surface area contributed by atoms with Gasteiger partial charge in [-0.05, 0) is 35.9 Å². The van der Waals surface area contributed by atoms with E-state index in [1.54, 1.807) is 12.1 Å². The van der Waals surface area contributed by atoms with E-state index < -0.39 is 0 Å². The van der Waals surface area contributed by atoms with Gasteiger partial charge in [0.25, 0.3) is 0 Å². The molecule has 0 saturated carbocycles. The van der Waals surface area contributed by atoms with Gasteiger partial charge < -0.3 is 10.6 Å². The van der Waals surface area contributed by atoms with Gasteiger partial charge in [0.1, 0.15) is 5.82 Å². The highest BCUT2D eigenvalue weighted by Gasteiger charge is 2.07. The van der Waals surface area contributed by atoms with Crippen LogP contribution in [0.1, 0.15) is 11.1 Å². The zero-order chi connectivity index (χ0) is 13.8. The van der Waals surface area contributed by atoms with Gasteiger partial charge in [0.05, 0.1) is 0 Å². The zero-order valence-electron chi connectivity index (χ0n) is 10.7. The fourth-order valence-electron chi connectivity index (χ4n) is 1.93. The maximum atomic E-state index is 13.7. The molecule has 0 aromatic heterocycles. The zero-order valence-corrected chi connectivity index (χ0v) is 12.3. The van der Waals surface area contributed by atoms with E-state index in [1.165, 1.54) is 6.07 Å². The minimum atomic E-state index is -0.190. The van der Waals surface area contributed by atoms with Crippen molar-refractivity contribution in [2.24, 2.45) is 5.73 Å². The van der Waals surface area contributed by atoms with Crippen LogP contribution in [0.4, 0.5) is 10.1 Å². The summed E-state index contributed by atoms with van der Waals surface area (Å²) in [5, 5.41) is 0. The van der Waals surface area contributed by atoms with Crippen molar-refractivity contribution in [1.29, 1.82) is 0 Å². The summed E-state index contributed by atoms with van der Waals surface area (Å²) in [5.41, 5.74) is 8.39. The second kappa shape index (κ2) is 6.17. The summed E-state index contributed by atoms with van der Waals surface area (Å²) in [7, 11) is 1.94. The summed E-state index contributed by atoms with van der Waals surface area (Å²) in [4.78, 5) is 2.00. The van der Waals surface area contributed by atoms with Gasteiger partial charge in [0.2, 0.25) is 0 Å². The van der Waals surface area contributed by atoms with Crippen LogP contribution >= 0.6 is 15.9 Å². The fraction of sp³-hybridized carbons (Fsp3) is 0.200. The van der Waals surface area contributed by atoms with Crippen LogP contribution in [-0.2, 0) is 13.1 Å². The largest absolute Gasteiger partial charge is 0.370 e. The molecule has 4 heteroatoms. The Balaban J connectivity index is 2.20. The van der Waals surface area contributed by atoms with Gasteiger partial charge in [0.15, 0.2) is 0 Å². The Labute approximate surface area is 121 Å². The molecule has 0 aliphatic rings. The standard InChI is InChI=1S/C15H16BrFN2/c1-19(14-4-2-3-11(7-14)9-18)10-12-8-13(16)5-6-15(12)17/h2-8H,9-10,18H2,1H3. The lowest BCUT2D eigenvalue weighted by Crippen LogP contribution is -2.17. The number of nitrogens with zero attached hydrogens (tertiary/aromatic N) is 1. The van der Waals surface area contributed by atoms with Crippen LogP contribution in [0.15, 0.2) is 46.9 Å². The third kappa shape index (κ3) is 3.55. The number of hydrogen-bond donors (Lipinski definition) is 1. The highest BCUT2D eigenvalue weighted by molar-refractivity contribution is 9.10. The van der Waals surface area contributed by atoms with Gasteiger partial charge >= 0.3 is 0 Å². The lowest BCUT2D eigenvalue weighted by Gasteiger charge is -2.20. The summed E-state index contributed by atoms with van der Waals surface area (Å²) in [6.07, 6.45) is 0. The van der Waals surface area contributed by atoms with E-state index >= 15 is 0 Å². The van der Waals surface area contributed by atoms with Crippen molar-refractivity contribution >= 4 is 21.6 Å². The average molecular weight is 323 g/mol. The first-order chi connectivity index (χ1) is 9.10. The molecule has 0 bridgehead atoms. The molecule has 0 aliphatic heterocycles. The predicted molar refractivity (Wildman–Crippen MR) is 80.5 cm³/mol. The maximum Gasteiger partial charge on any atom is 0.128 e. The summed E-state index contributed by atoms with van der Waals surface area (Å²) < 4.78 is 14.6. The molecule has 19 heavy (non-hydrogen) atoms. The van der Waals surface area contributed by atoms with Crippen molar-refractivity contribution in [2.75, 3.05) is 11.9 Å². The Morgan fingerprint density at radius 1 is 1.21 bits per heavy atom. The number of benzene rings is 2. The number of halogens is 2. The van der Waals surface area contributed by atoms with Gasteiger partial charge in [-0.15, -0.1) is 0 Å². The quantitative estimate of drug-likeness (QED) is 0.930. The number of hydrogen-bond acceptors (Lipinski definition) is 2. The van der Waals surface area contributed by atoms with E-state index in [0.29, 0.717) is 18.7 Å². The fourth-order valence-corrected chi connectivity index (χ4v) is 2.34. The number of rotatable bonds is 4. The lowest BCUT2D eigenvalue weighted by atomic mass is 10.1. The first kappa shape index (κ1) is 14.0.